The van der Waals surface area contributed by atoms with Crippen LogP contribution in [0.3, 0.4) is 0 Å². The quantitative estimate of drug-likeness (QED) is 0.545. The Labute approximate surface area is 198 Å². The molecule has 0 aliphatic carbocycles. The van der Waals surface area contributed by atoms with E-state index < -0.39 is 10.0 Å². The molecule has 9 heteroatoms. The van der Waals surface area contributed by atoms with Gasteiger partial charge < -0.3 is 10.1 Å². The monoisotopic (exact) mass is 485 g/mol. The Morgan fingerprint density at radius 3 is 2.21 bits per heavy atom. The molecular weight excluding hydrogens is 462 g/mol. The number of carbonyl (C=O) groups excluding carboxylic acids is 1. The molecule has 1 saturated heterocycles. The van der Waals surface area contributed by atoms with Gasteiger partial charge in [0.05, 0.1) is 17.1 Å². The number of anilines is 1. The van der Waals surface area contributed by atoms with E-state index in [0.29, 0.717) is 48.4 Å². The second-order valence-electron chi connectivity index (χ2n) is 7.60. The van der Waals surface area contributed by atoms with Gasteiger partial charge in [-0.15, -0.1) is 0 Å². The molecule has 1 aliphatic heterocycles. The number of hydrogen-bond acceptors (Lipinski definition) is 5. The van der Waals surface area contributed by atoms with Crippen LogP contribution in [0.15, 0.2) is 83.8 Å². The zero-order chi connectivity index (χ0) is 23.3. The van der Waals surface area contributed by atoms with Gasteiger partial charge in [-0.1, -0.05) is 48.0 Å². The van der Waals surface area contributed by atoms with Crippen molar-refractivity contribution in [1.82, 2.24) is 9.21 Å². The summed E-state index contributed by atoms with van der Waals surface area (Å²) in [7, 11) is -3.53. The zero-order valence-corrected chi connectivity index (χ0v) is 19.4. The fourth-order valence-electron chi connectivity index (χ4n) is 3.57. The second-order valence-corrected chi connectivity index (χ2v) is 9.97. The number of ether oxygens (including phenoxy) is 1. The summed E-state index contributed by atoms with van der Waals surface area (Å²) in [6.07, 6.45) is 0. The maximum atomic E-state index is 12.8. The number of amides is 1. The molecule has 0 saturated carbocycles. The Kier molecular flexibility index (Phi) is 7.29. The maximum absolute atomic E-state index is 12.8. The average molecular weight is 486 g/mol. The Hall–Kier alpha value is -2.91. The van der Waals surface area contributed by atoms with Crippen LogP contribution in [0.5, 0.6) is 11.5 Å². The lowest BCUT2D eigenvalue weighted by Crippen LogP contribution is -2.50. The predicted molar refractivity (Wildman–Crippen MR) is 128 cm³/mol. The van der Waals surface area contributed by atoms with Crippen LogP contribution in [0, 0.1) is 0 Å². The van der Waals surface area contributed by atoms with Crippen LogP contribution in [0.25, 0.3) is 0 Å². The van der Waals surface area contributed by atoms with Crippen LogP contribution >= 0.6 is 11.6 Å². The molecule has 0 atom stereocenters. The van der Waals surface area contributed by atoms with Crippen LogP contribution in [0.2, 0.25) is 5.02 Å². The lowest BCUT2D eigenvalue weighted by Gasteiger charge is -2.33. The van der Waals surface area contributed by atoms with Gasteiger partial charge in [0.2, 0.25) is 15.9 Å². The van der Waals surface area contributed by atoms with Crippen LogP contribution < -0.4 is 10.1 Å². The van der Waals surface area contributed by atoms with Crippen molar-refractivity contribution in [2.24, 2.45) is 0 Å². The molecule has 7 nitrogen and oxygen atoms in total. The molecule has 1 aliphatic rings. The van der Waals surface area contributed by atoms with E-state index in [9.17, 15) is 13.2 Å². The van der Waals surface area contributed by atoms with Gasteiger partial charge in [-0.2, -0.15) is 4.31 Å². The summed E-state index contributed by atoms with van der Waals surface area (Å²) in [5.74, 6) is 0.901. The summed E-state index contributed by atoms with van der Waals surface area (Å²) in [5, 5.41) is 3.34. The van der Waals surface area contributed by atoms with Gasteiger partial charge in [0.15, 0.2) is 5.75 Å². The predicted octanol–water partition coefficient (Wildman–Crippen LogP) is 4.08. The zero-order valence-electron chi connectivity index (χ0n) is 17.9. The first-order valence-electron chi connectivity index (χ1n) is 10.5. The maximum Gasteiger partial charge on any atom is 0.243 e. The molecule has 33 heavy (non-hydrogen) atoms. The second kappa shape index (κ2) is 10.4. The van der Waals surface area contributed by atoms with Crippen molar-refractivity contribution in [3.05, 3.63) is 83.9 Å². The number of nitrogens with one attached hydrogen (secondary N) is 1. The van der Waals surface area contributed by atoms with E-state index in [1.165, 1.54) is 4.31 Å². The van der Waals surface area contributed by atoms with E-state index in [0.717, 1.165) is 0 Å². The first-order valence-corrected chi connectivity index (χ1v) is 12.3. The van der Waals surface area contributed by atoms with Crippen LogP contribution in [-0.2, 0) is 14.8 Å². The third-order valence-electron chi connectivity index (χ3n) is 5.27. The number of hydrogen-bond donors (Lipinski definition) is 1. The molecule has 1 N–H and O–H groups in total. The van der Waals surface area contributed by atoms with Crippen molar-refractivity contribution < 1.29 is 17.9 Å². The Morgan fingerprint density at radius 2 is 1.55 bits per heavy atom. The van der Waals surface area contributed by atoms with Gasteiger partial charge in [0, 0.05) is 31.2 Å². The van der Waals surface area contributed by atoms with Gasteiger partial charge in [-0.25, -0.2) is 8.42 Å². The Morgan fingerprint density at radius 1 is 0.909 bits per heavy atom. The normalized spacial score (nSPS) is 15.2. The molecule has 0 bridgehead atoms. The number of benzene rings is 3. The first kappa shape index (κ1) is 23.3. The molecule has 0 radical (unpaired) electrons. The van der Waals surface area contributed by atoms with Gasteiger partial charge in [-0.05, 0) is 42.5 Å². The van der Waals surface area contributed by atoms with Crippen molar-refractivity contribution in [2.75, 3.05) is 38.0 Å². The summed E-state index contributed by atoms with van der Waals surface area (Å²) < 4.78 is 32.9. The van der Waals surface area contributed by atoms with Crippen LogP contribution in [0.4, 0.5) is 5.69 Å². The largest absolute Gasteiger partial charge is 0.455 e. The minimum Gasteiger partial charge on any atom is -0.455 e. The van der Waals surface area contributed by atoms with E-state index in [1.807, 2.05) is 35.2 Å². The van der Waals surface area contributed by atoms with Crippen molar-refractivity contribution in [3.63, 3.8) is 0 Å². The van der Waals surface area contributed by atoms with E-state index >= 15 is 0 Å². The van der Waals surface area contributed by atoms with Crippen molar-refractivity contribution in [3.8, 4) is 11.5 Å². The molecule has 0 aromatic heterocycles. The standard InChI is InChI=1S/C24H24ClN3O4S/c25-19-11-12-23(32-20-7-3-1-4-8-20)22(17-19)26-24(29)18-27-13-15-28(16-14-27)33(30,31)21-9-5-2-6-10-21/h1-12,17H,13-16,18H2,(H,26,29). The lowest BCUT2D eigenvalue weighted by atomic mass is 10.2. The highest BCUT2D eigenvalue weighted by molar-refractivity contribution is 7.89. The molecule has 1 heterocycles. The number of para-hydroxylation sites is 1. The number of nitrogens with zero attached hydrogens (tertiary/aromatic N) is 2. The molecule has 172 valence electrons. The topological polar surface area (TPSA) is 79.0 Å². The molecule has 0 unspecified atom stereocenters. The first-order chi connectivity index (χ1) is 15.9. The highest BCUT2D eigenvalue weighted by Crippen LogP contribution is 2.32. The number of carbonyl (C=O) groups is 1. The van der Waals surface area contributed by atoms with Crippen LogP contribution in [-0.4, -0.2) is 56.3 Å². The fourth-order valence-corrected chi connectivity index (χ4v) is 5.18. The molecule has 3 aromatic rings. The summed E-state index contributed by atoms with van der Waals surface area (Å²) in [5.41, 5.74) is 0.474. The Balaban J connectivity index is 1.35. The number of piperazine rings is 1. The lowest BCUT2D eigenvalue weighted by molar-refractivity contribution is -0.117. The third-order valence-corrected chi connectivity index (χ3v) is 7.41. The molecule has 3 aromatic carbocycles. The summed E-state index contributed by atoms with van der Waals surface area (Å²) in [4.78, 5) is 14.9. The SMILES string of the molecule is O=C(CN1CCN(S(=O)(=O)c2ccccc2)CC1)Nc1cc(Cl)ccc1Oc1ccccc1. The molecular formula is C24H24ClN3O4S. The van der Waals surface area contributed by atoms with Gasteiger partial charge in [0.25, 0.3) is 0 Å². The van der Waals surface area contributed by atoms with E-state index in [2.05, 4.69) is 5.32 Å². The number of rotatable bonds is 7. The van der Waals surface area contributed by atoms with Crippen LogP contribution in [0.1, 0.15) is 0 Å². The minimum atomic E-state index is -3.53. The van der Waals surface area contributed by atoms with Gasteiger partial charge in [0.1, 0.15) is 5.75 Å². The third kappa shape index (κ3) is 5.91. The summed E-state index contributed by atoms with van der Waals surface area (Å²) >= 11 is 6.12. The minimum absolute atomic E-state index is 0.135. The smallest absolute Gasteiger partial charge is 0.243 e. The molecule has 0 spiro atoms. The molecule has 1 amide bonds. The molecule has 4 rings (SSSR count). The van der Waals surface area contributed by atoms with Crippen molar-refractivity contribution >= 4 is 33.2 Å². The summed E-state index contributed by atoms with van der Waals surface area (Å²) in [6, 6.07) is 22.7. The molecule has 1 fully saturated rings. The van der Waals surface area contributed by atoms with E-state index in [4.69, 9.17) is 16.3 Å². The van der Waals surface area contributed by atoms with Crippen molar-refractivity contribution in [1.29, 1.82) is 0 Å². The van der Waals surface area contributed by atoms with E-state index in [-0.39, 0.29) is 17.3 Å². The number of halogens is 1. The van der Waals surface area contributed by atoms with Crippen molar-refractivity contribution in [2.45, 2.75) is 4.90 Å². The highest BCUT2D eigenvalue weighted by atomic mass is 35.5. The fraction of sp³-hybridized carbons (Fsp3) is 0.208. The van der Waals surface area contributed by atoms with Gasteiger partial charge >= 0.3 is 0 Å². The van der Waals surface area contributed by atoms with Gasteiger partial charge in [-0.3, -0.25) is 9.69 Å². The number of sulfonamides is 1. The highest BCUT2D eigenvalue weighted by Gasteiger charge is 2.29. The summed E-state index contributed by atoms with van der Waals surface area (Å²) in [6.45, 7) is 1.70. The Bertz CT molecular complexity index is 1200. The van der Waals surface area contributed by atoms with E-state index in [1.54, 1.807) is 48.5 Å². The average Bonchev–Trinajstić information content (AvgIpc) is 2.82.